The first-order valence-electron chi connectivity index (χ1n) is 9.75. The van der Waals surface area contributed by atoms with E-state index in [9.17, 15) is 4.79 Å². The molecule has 1 aromatic heterocycles. The van der Waals surface area contributed by atoms with Crippen molar-refractivity contribution in [2.45, 2.75) is 69.6 Å². The molecule has 2 aromatic rings. The van der Waals surface area contributed by atoms with Gasteiger partial charge in [-0.25, -0.2) is 0 Å². The van der Waals surface area contributed by atoms with Crippen LogP contribution in [0.15, 0.2) is 24.3 Å². The minimum Gasteiger partial charge on any atom is -0.469 e. The zero-order valence-electron chi connectivity index (χ0n) is 15.1. The number of hydrogen-bond donors (Lipinski definition) is 0. The maximum absolute atomic E-state index is 12.0. The van der Waals surface area contributed by atoms with Crippen molar-refractivity contribution in [3.05, 3.63) is 41.1 Å². The van der Waals surface area contributed by atoms with Crippen LogP contribution in [0.25, 0.3) is 10.9 Å². The number of aromatic nitrogens is 1. The lowest BCUT2D eigenvalue weighted by molar-refractivity contribution is -0.139. The van der Waals surface area contributed by atoms with Crippen molar-refractivity contribution in [3.63, 3.8) is 0 Å². The van der Waals surface area contributed by atoms with E-state index >= 15 is 0 Å². The van der Waals surface area contributed by atoms with Crippen LogP contribution in [0.2, 0.25) is 0 Å². The predicted molar refractivity (Wildman–Crippen MR) is 99.9 cm³/mol. The second-order valence-corrected chi connectivity index (χ2v) is 7.67. The molecule has 0 saturated heterocycles. The highest BCUT2D eigenvalue weighted by molar-refractivity contribution is 5.89. The molecule has 2 aliphatic rings. The van der Waals surface area contributed by atoms with Crippen molar-refractivity contribution < 1.29 is 9.53 Å². The molecular weight excluding hydrogens is 310 g/mol. The van der Waals surface area contributed by atoms with Gasteiger partial charge in [0.25, 0.3) is 0 Å². The molecule has 0 amide bonds. The molecule has 2 aliphatic carbocycles. The molecule has 4 rings (SSSR count). The number of para-hydroxylation sites is 1. The van der Waals surface area contributed by atoms with Crippen molar-refractivity contribution in [1.82, 2.24) is 4.98 Å². The van der Waals surface area contributed by atoms with Crippen LogP contribution in [0.1, 0.15) is 80.0 Å². The summed E-state index contributed by atoms with van der Waals surface area (Å²) in [6.07, 6.45) is 10.5. The Labute approximate surface area is 149 Å². The van der Waals surface area contributed by atoms with Crippen molar-refractivity contribution >= 4 is 16.9 Å². The number of nitrogens with zero attached hydrogens (tertiary/aromatic N) is 1. The van der Waals surface area contributed by atoms with Crippen LogP contribution in [-0.4, -0.2) is 18.1 Å². The lowest BCUT2D eigenvalue weighted by Crippen LogP contribution is -2.08. The summed E-state index contributed by atoms with van der Waals surface area (Å²) in [5.74, 6) is 1.01. The van der Waals surface area contributed by atoms with Crippen molar-refractivity contribution in [2.24, 2.45) is 0 Å². The van der Waals surface area contributed by atoms with E-state index in [2.05, 4.69) is 24.3 Å². The number of methoxy groups -OCH3 is 1. The molecule has 132 valence electrons. The molecule has 2 saturated carbocycles. The molecule has 1 heterocycles. The second kappa shape index (κ2) is 7.15. The predicted octanol–water partition coefficient (Wildman–Crippen LogP) is 5.27. The van der Waals surface area contributed by atoms with E-state index in [4.69, 9.17) is 9.72 Å². The molecule has 3 heteroatoms. The summed E-state index contributed by atoms with van der Waals surface area (Å²) >= 11 is 0. The van der Waals surface area contributed by atoms with Gasteiger partial charge in [-0.05, 0) is 48.8 Å². The van der Waals surface area contributed by atoms with E-state index in [0.717, 1.165) is 16.5 Å². The molecule has 0 aliphatic heterocycles. The lowest BCUT2D eigenvalue weighted by Gasteiger charge is -2.18. The monoisotopic (exact) mass is 337 g/mol. The summed E-state index contributed by atoms with van der Waals surface area (Å²) in [5.41, 5.74) is 4.80. The topological polar surface area (TPSA) is 39.2 Å². The third-order valence-corrected chi connectivity index (χ3v) is 6.11. The van der Waals surface area contributed by atoms with Crippen LogP contribution in [0.5, 0.6) is 0 Å². The molecule has 2 fully saturated rings. The molecule has 0 unspecified atom stereocenters. The van der Waals surface area contributed by atoms with Crippen molar-refractivity contribution in [1.29, 1.82) is 0 Å². The third kappa shape index (κ3) is 3.29. The van der Waals surface area contributed by atoms with Gasteiger partial charge in [0.05, 0.1) is 19.0 Å². The van der Waals surface area contributed by atoms with Gasteiger partial charge < -0.3 is 4.74 Å². The fourth-order valence-corrected chi connectivity index (χ4v) is 4.73. The molecule has 0 bridgehead atoms. The maximum Gasteiger partial charge on any atom is 0.310 e. The fraction of sp³-hybridized carbons (Fsp3) is 0.545. The van der Waals surface area contributed by atoms with E-state index in [1.165, 1.54) is 69.7 Å². The Bertz CT molecular complexity index is 771. The number of carbonyl (C=O) groups excluding carboxylic acids is 1. The van der Waals surface area contributed by atoms with E-state index < -0.39 is 0 Å². The average molecular weight is 337 g/mol. The van der Waals surface area contributed by atoms with E-state index in [1.807, 2.05) is 0 Å². The summed E-state index contributed by atoms with van der Waals surface area (Å²) in [6.45, 7) is 0. The standard InChI is InChI=1S/C22H27NO2/c1-25-21(24)14-17-13-20(16-9-4-5-10-16)23-22-18(11-6-12-19(17)22)15-7-2-3-8-15/h6,11-13,15-16H,2-5,7-10,14H2,1H3. The van der Waals surface area contributed by atoms with E-state index in [-0.39, 0.29) is 5.97 Å². The van der Waals surface area contributed by atoms with Gasteiger partial charge in [-0.2, -0.15) is 0 Å². The van der Waals surface area contributed by atoms with Crippen LogP contribution in [0.3, 0.4) is 0 Å². The Hall–Kier alpha value is -1.90. The van der Waals surface area contributed by atoms with Gasteiger partial charge >= 0.3 is 5.97 Å². The summed E-state index contributed by atoms with van der Waals surface area (Å²) in [6, 6.07) is 8.69. The molecule has 0 spiro atoms. The smallest absolute Gasteiger partial charge is 0.310 e. The van der Waals surface area contributed by atoms with E-state index in [0.29, 0.717) is 18.3 Å². The van der Waals surface area contributed by atoms with Crippen LogP contribution in [0, 0.1) is 0 Å². The number of esters is 1. The minimum absolute atomic E-state index is 0.170. The molecule has 0 radical (unpaired) electrons. The first kappa shape index (κ1) is 16.6. The summed E-state index contributed by atoms with van der Waals surface area (Å²) < 4.78 is 4.94. The third-order valence-electron chi connectivity index (χ3n) is 6.11. The van der Waals surface area contributed by atoms with Gasteiger partial charge in [0, 0.05) is 17.0 Å². The van der Waals surface area contributed by atoms with Gasteiger partial charge in [-0.1, -0.05) is 43.9 Å². The number of ether oxygens (including phenoxy) is 1. The van der Waals surface area contributed by atoms with Crippen molar-refractivity contribution in [2.75, 3.05) is 7.11 Å². The number of carbonyl (C=O) groups is 1. The fourth-order valence-electron chi connectivity index (χ4n) is 4.73. The minimum atomic E-state index is -0.170. The molecular formula is C22H27NO2. The molecule has 0 N–H and O–H groups in total. The van der Waals surface area contributed by atoms with Gasteiger partial charge in [-0.15, -0.1) is 0 Å². The Morgan fingerprint density at radius 2 is 1.76 bits per heavy atom. The SMILES string of the molecule is COC(=O)Cc1cc(C2CCCC2)nc2c(C3CCCC3)cccc12. The molecule has 1 aromatic carbocycles. The molecule has 25 heavy (non-hydrogen) atoms. The summed E-state index contributed by atoms with van der Waals surface area (Å²) in [7, 11) is 1.47. The zero-order valence-corrected chi connectivity index (χ0v) is 15.1. The number of hydrogen-bond acceptors (Lipinski definition) is 3. The van der Waals surface area contributed by atoms with Crippen molar-refractivity contribution in [3.8, 4) is 0 Å². The number of rotatable bonds is 4. The van der Waals surface area contributed by atoms with Gasteiger partial charge in [0.1, 0.15) is 0 Å². The average Bonchev–Trinajstić information content (AvgIpc) is 3.34. The van der Waals surface area contributed by atoms with E-state index in [1.54, 1.807) is 0 Å². The van der Waals surface area contributed by atoms with Gasteiger partial charge in [0.15, 0.2) is 0 Å². The summed E-state index contributed by atoms with van der Waals surface area (Å²) in [4.78, 5) is 17.1. The first-order valence-corrected chi connectivity index (χ1v) is 9.75. The lowest BCUT2D eigenvalue weighted by atomic mass is 9.91. The van der Waals surface area contributed by atoms with Crippen LogP contribution >= 0.6 is 0 Å². The highest BCUT2D eigenvalue weighted by atomic mass is 16.5. The first-order chi connectivity index (χ1) is 12.3. The number of benzene rings is 1. The highest BCUT2D eigenvalue weighted by Crippen LogP contribution is 2.40. The normalized spacial score (nSPS) is 18.9. The van der Waals surface area contributed by atoms with Gasteiger partial charge in [0.2, 0.25) is 0 Å². The quantitative estimate of drug-likeness (QED) is 0.714. The Balaban J connectivity index is 1.85. The number of pyridine rings is 1. The molecule has 3 nitrogen and oxygen atoms in total. The Morgan fingerprint density at radius 3 is 2.44 bits per heavy atom. The number of fused-ring (bicyclic) bond motifs is 1. The van der Waals surface area contributed by atoms with Crippen LogP contribution in [0.4, 0.5) is 0 Å². The highest BCUT2D eigenvalue weighted by Gasteiger charge is 2.24. The summed E-state index contributed by atoms with van der Waals surface area (Å²) in [5, 5.41) is 1.14. The van der Waals surface area contributed by atoms with Gasteiger partial charge in [-0.3, -0.25) is 9.78 Å². The Kier molecular flexibility index (Phi) is 4.74. The Morgan fingerprint density at radius 1 is 1.08 bits per heavy atom. The van der Waals surface area contributed by atoms with Crippen LogP contribution in [-0.2, 0) is 16.0 Å². The zero-order chi connectivity index (χ0) is 17.2. The molecule has 0 atom stereocenters. The van der Waals surface area contributed by atoms with Crippen LogP contribution < -0.4 is 0 Å². The largest absolute Gasteiger partial charge is 0.469 e. The maximum atomic E-state index is 12.0. The second-order valence-electron chi connectivity index (χ2n) is 7.67.